The van der Waals surface area contributed by atoms with Crippen LogP contribution >= 0.6 is 0 Å². The molecule has 7 nitrogen and oxygen atoms in total. The molecule has 1 aromatic carbocycles. The topological polar surface area (TPSA) is 94.1 Å². The average molecular weight is 302 g/mol. The van der Waals surface area contributed by atoms with Gasteiger partial charge in [0.05, 0.1) is 12.6 Å². The average Bonchev–Trinajstić information content (AvgIpc) is 2.52. The van der Waals surface area contributed by atoms with Crippen molar-refractivity contribution < 1.29 is 14.3 Å². The van der Waals surface area contributed by atoms with Crippen molar-refractivity contribution in [3.05, 3.63) is 30.1 Å². The first-order chi connectivity index (χ1) is 10.5. The molecule has 1 N–H and O–H groups in total. The molecule has 0 saturated carbocycles. The Labute approximate surface area is 128 Å². The molecule has 0 saturated heterocycles. The Balaban J connectivity index is 2.19. The van der Waals surface area contributed by atoms with Crippen molar-refractivity contribution in [2.24, 2.45) is 5.92 Å². The normalized spacial score (nSPS) is 12.2. The summed E-state index contributed by atoms with van der Waals surface area (Å²) in [6.07, 6.45) is 0.472. The van der Waals surface area contributed by atoms with Gasteiger partial charge in [-0.3, -0.25) is 4.79 Å². The summed E-state index contributed by atoms with van der Waals surface area (Å²) in [7, 11) is 1.29. The first kappa shape index (κ1) is 15.8. The fraction of sp³-hybridized carbons (Fsp3) is 0.400. The van der Waals surface area contributed by atoms with E-state index in [9.17, 15) is 9.59 Å². The third-order valence-electron chi connectivity index (χ3n) is 3.06. The minimum absolute atomic E-state index is 0.0728. The minimum atomic E-state index is -0.729. The number of rotatable bonds is 5. The molecule has 0 radical (unpaired) electrons. The van der Waals surface area contributed by atoms with E-state index in [2.05, 4.69) is 20.5 Å². The summed E-state index contributed by atoms with van der Waals surface area (Å²) in [5, 5.41) is 10.3. The van der Waals surface area contributed by atoms with Gasteiger partial charge in [0.15, 0.2) is 0 Å². The van der Waals surface area contributed by atoms with Crippen LogP contribution in [0.15, 0.2) is 24.3 Å². The van der Waals surface area contributed by atoms with Gasteiger partial charge in [-0.1, -0.05) is 26.0 Å². The summed E-state index contributed by atoms with van der Waals surface area (Å²) in [5.74, 6) is -0.887. The highest BCUT2D eigenvalue weighted by atomic mass is 16.5. The number of hydrogen-bond donors (Lipinski definition) is 1. The largest absolute Gasteiger partial charge is 0.467 e. The second-order valence-corrected chi connectivity index (χ2v) is 5.30. The lowest BCUT2D eigenvalue weighted by Crippen LogP contribution is -2.43. The van der Waals surface area contributed by atoms with E-state index in [0.29, 0.717) is 17.5 Å². The maximum absolute atomic E-state index is 12.2. The van der Waals surface area contributed by atoms with Crippen LogP contribution in [0.1, 0.15) is 30.9 Å². The van der Waals surface area contributed by atoms with Crippen molar-refractivity contribution in [3.63, 3.8) is 0 Å². The van der Waals surface area contributed by atoms with E-state index in [1.54, 1.807) is 18.2 Å². The second-order valence-electron chi connectivity index (χ2n) is 5.30. The van der Waals surface area contributed by atoms with Gasteiger partial charge in [0.25, 0.3) is 5.91 Å². The summed E-state index contributed by atoms with van der Waals surface area (Å²) in [5.41, 5.74) is 1.17. The van der Waals surface area contributed by atoms with Crippen molar-refractivity contribution in [3.8, 4) is 0 Å². The Kier molecular flexibility index (Phi) is 4.98. The highest BCUT2D eigenvalue weighted by Crippen LogP contribution is 2.09. The Hall–Kier alpha value is -2.57. The van der Waals surface area contributed by atoms with E-state index in [1.807, 2.05) is 19.9 Å². The molecule has 0 unspecified atom stereocenters. The molecule has 0 aliphatic carbocycles. The number of carbonyl (C=O) groups excluding carboxylic acids is 2. The molecule has 0 fully saturated rings. The summed E-state index contributed by atoms with van der Waals surface area (Å²) in [6, 6.07) is 6.38. The number of fused-ring (bicyclic) bond motifs is 1. The predicted octanol–water partition coefficient (Wildman–Crippen LogP) is 1.34. The molecule has 0 bridgehead atoms. The number of ether oxygens (including phenoxy) is 1. The fourth-order valence-corrected chi connectivity index (χ4v) is 2.03. The minimum Gasteiger partial charge on any atom is -0.467 e. The van der Waals surface area contributed by atoms with Gasteiger partial charge < -0.3 is 10.1 Å². The van der Waals surface area contributed by atoms with Crippen molar-refractivity contribution in [2.75, 3.05) is 7.11 Å². The van der Waals surface area contributed by atoms with Gasteiger partial charge in [-0.05, 0) is 24.5 Å². The number of nitrogens with zero attached hydrogens (tertiary/aromatic N) is 3. The number of carbonyl (C=O) groups is 2. The Morgan fingerprint density at radius 2 is 1.86 bits per heavy atom. The highest BCUT2D eigenvalue weighted by molar-refractivity contribution is 5.94. The second kappa shape index (κ2) is 6.93. The fourth-order valence-electron chi connectivity index (χ4n) is 2.03. The molecule has 2 aromatic rings. The van der Waals surface area contributed by atoms with Crippen LogP contribution in [0, 0.1) is 5.92 Å². The lowest BCUT2D eigenvalue weighted by atomic mass is 10.0. The van der Waals surface area contributed by atoms with Crippen LogP contribution in [0.25, 0.3) is 11.0 Å². The first-order valence-corrected chi connectivity index (χ1v) is 6.99. The van der Waals surface area contributed by atoms with Gasteiger partial charge in [0, 0.05) is 0 Å². The van der Waals surface area contributed by atoms with Crippen LogP contribution in [0.3, 0.4) is 0 Å². The summed E-state index contributed by atoms with van der Waals surface area (Å²) < 4.78 is 4.71. The Morgan fingerprint density at radius 3 is 2.50 bits per heavy atom. The van der Waals surface area contributed by atoms with Gasteiger partial charge in [-0.2, -0.15) is 0 Å². The van der Waals surface area contributed by atoms with E-state index in [1.165, 1.54) is 7.11 Å². The molecule has 116 valence electrons. The number of para-hydroxylation sites is 1. The van der Waals surface area contributed by atoms with E-state index in [4.69, 9.17) is 4.74 Å². The maximum atomic E-state index is 12.2. The lowest BCUT2D eigenvalue weighted by Gasteiger charge is -2.17. The van der Waals surface area contributed by atoms with E-state index < -0.39 is 17.9 Å². The highest BCUT2D eigenvalue weighted by Gasteiger charge is 2.24. The van der Waals surface area contributed by atoms with Gasteiger partial charge >= 0.3 is 5.97 Å². The van der Waals surface area contributed by atoms with E-state index in [-0.39, 0.29) is 11.7 Å². The number of nitrogens with one attached hydrogen (secondary N) is 1. The van der Waals surface area contributed by atoms with Crippen LogP contribution in [-0.4, -0.2) is 40.2 Å². The van der Waals surface area contributed by atoms with Crippen LogP contribution in [-0.2, 0) is 9.53 Å². The molecule has 1 amide bonds. The Morgan fingerprint density at radius 1 is 1.18 bits per heavy atom. The SMILES string of the molecule is COC(=O)[C@@H](CC(C)C)NC(=O)c1nnc2ccccc2n1. The van der Waals surface area contributed by atoms with Gasteiger partial charge in [0.2, 0.25) is 5.82 Å². The standard InChI is InChI=1S/C15H18N4O3/c1-9(2)8-12(15(21)22-3)17-14(20)13-16-10-6-4-5-7-11(10)18-19-13/h4-7,9,12H,8H2,1-3H3,(H,17,20)/t12-/m1/s1. The van der Waals surface area contributed by atoms with E-state index in [0.717, 1.165) is 0 Å². The van der Waals surface area contributed by atoms with Crippen molar-refractivity contribution in [2.45, 2.75) is 26.3 Å². The van der Waals surface area contributed by atoms with Crippen LogP contribution in [0.5, 0.6) is 0 Å². The van der Waals surface area contributed by atoms with Gasteiger partial charge in [0.1, 0.15) is 11.6 Å². The number of benzene rings is 1. The van der Waals surface area contributed by atoms with Crippen molar-refractivity contribution in [1.29, 1.82) is 0 Å². The van der Waals surface area contributed by atoms with E-state index >= 15 is 0 Å². The lowest BCUT2D eigenvalue weighted by molar-refractivity contribution is -0.143. The monoisotopic (exact) mass is 302 g/mol. The van der Waals surface area contributed by atoms with Crippen molar-refractivity contribution in [1.82, 2.24) is 20.5 Å². The van der Waals surface area contributed by atoms with Crippen molar-refractivity contribution >= 4 is 22.9 Å². The molecule has 7 heteroatoms. The number of amides is 1. The zero-order valence-corrected chi connectivity index (χ0v) is 12.7. The third-order valence-corrected chi connectivity index (χ3v) is 3.06. The molecule has 1 heterocycles. The molecular weight excluding hydrogens is 284 g/mol. The summed E-state index contributed by atoms with van der Waals surface area (Å²) >= 11 is 0. The summed E-state index contributed by atoms with van der Waals surface area (Å²) in [4.78, 5) is 28.1. The number of methoxy groups -OCH3 is 1. The van der Waals surface area contributed by atoms with Crippen LogP contribution in [0.4, 0.5) is 0 Å². The van der Waals surface area contributed by atoms with Gasteiger partial charge in [-0.15, -0.1) is 10.2 Å². The molecule has 1 atom stereocenters. The molecule has 0 aliphatic heterocycles. The Bertz CT molecular complexity index is 687. The molecule has 1 aromatic heterocycles. The summed E-state index contributed by atoms with van der Waals surface area (Å²) in [6.45, 7) is 3.91. The van der Waals surface area contributed by atoms with Gasteiger partial charge in [-0.25, -0.2) is 9.78 Å². The quantitative estimate of drug-likeness (QED) is 0.838. The molecular formula is C15H18N4O3. The third kappa shape index (κ3) is 3.75. The molecule has 0 aliphatic rings. The number of aromatic nitrogens is 3. The maximum Gasteiger partial charge on any atom is 0.328 e. The first-order valence-electron chi connectivity index (χ1n) is 6.99. The molecule has 2 rings (SSSR count). The smallest absolute Gasteiger partial charge is 0.328 e. The zero-order valence-electron chi connectivity index (χ0n) is 12.7. The number of esters is 1. The van der Waals surface area contributed by atoms with Crippen LogP contribution < -0.4 is 5.32 Å². The number of hydrogen-bond acceptors (Lipinski definition) is 6. The molecule has 0 spiro atoms. The molecule has 22 heavy (non-hydrogen) atoms. The predicted molar refractivity (Wildman–Crippen MR) is 80.1 cm³/mol. The zero-order chi connectivity index (χ0) is 16.1. The van der Waals surface area contributed by atoms with Crippen LogP contribution in [0.2, 0.25) is 0 Å².